The summed E-state index contributed by atoms with van der Waals surface area (Å²) >= 11 is 0. The van der Waals surface area contributed by atoms with E-state index in [0.717, 1.165) is 30.6 Å². The highest BCUT2D eigenvalue weighted by molar-refractivity contribution is 5.80. The van der Waals surface area contributed by atoms with Gasteiger partial charge in [0.15, 0.2) is 0 Å². The Morgan fingerprint density at radius 3 is 2.48 bits per heavy atom. The molecule has 9 nitrogen and oxygen atoms in total. The third-order valence-corrected chi connectivity index (χ3v) is 6.28. The molecular formula is C24H31N5O4. The highest BCUT2D eigenvalue weighted by Crippen LogP contribution is 2.24. The molecule has 0 bridgehead atoms. The maximum absolute atomic E-state index is 13.1. The molecule has 2 aliphatic rings. The van der Waals surface area contributed by atoms with Crippen molar-refractivity contribution in [3.05, 3.63) is 58.5 Å². The number of hydrogen-bond acceptors (Lipinski definition) is 6. The summed E-state index contributed by atoms with van der Waals surface area (Å²) in [6.45, 7) is 5.95. The van der Waals surface area contributed by atoms with E-state index in [1.165, 1.54) is 4.68 Å². The first-order valence-corrected chi connectivity index (χ1v) is 11.6. The number of hydrogen-bond donors (Lipinski definition) is 0. The largest absolute Gasteiger partial charge is 0.450 e. The Morgan fingerprint density at radius 2 is 1.79 bits per heavy atom. The van der Waals surface area contributed by atoms with Crippen molar-refractivity contribution in [2.75, 3.05) is 50.8 Å². The SMILES string of the molecule is CCOC(=O)N1CCN(C(=O)[C@H]2CCCN(c3cnn(Cc4ccccc4)c(=O)c3)C2)CC1. The summed E-state index contributed by atoms with van der Waals surface area (Å²) in [5, 5.41) is 4.37. The molecule has 2 amide bonds. The van der Waals surface area contributed by atoms with Gasteiger partial charge in [0.25, 0.3) is 5.56 Å². The summed E-state index contributed by atoms with van der Waals surface area (Å²) in [6, 6.07) is 11.4. The van der Waals surface area contributed by atoms with E-state index in [0.29, 0.717) is 45.9 Å². The van der Waals surface area contributed by atoms with Crippen LogP contribution in [0.3, 0.4) is 0 Å². The first-order chi connectivity index (χ1) is 16.0. The fourth-order valence-electron chi connectivity index (χ4n) is 4.47. The minimum absolute atomic E-state index is 0.119. The van der Waals surface area contributed by atoms with Crippen molar-refractivity contribution in [1.82, 2.24) is 19.6 Å². The predicted octanol–water partition coefficient (Wildman–Crippen LogP) is 1.81. The summed E-state index contributed by atoms with van der Waals surface area (Å²) in [7, 11) is 0. The Hall–Kier alpha value is -3.36. The lowest BCUT2D eigenvalue weighted by molar-refractivity contribution is -0.137. The fraction of sp³-hybridized carbons (Fsp3) is 0.500. The van der Waals surface area contributed by atoms with Crippen LogP contribution in [0.2, 0.25) is 0 Å². The van der Waals surface area contributed by atoms with Crippen molar-refractivity contribution in [2.45, 2.75) is 26.3 Å². The minimum atomic E-state index is -0.317. The normalized spacial score (nSPS) is 18.8. The molecule has 2 aromatic rings. The third kappa shape index (κ3) is 5.53. The second-order valence-electron chi connectivity index (χ2n) is 8.49. The van der Waals surface area contributed by atoms with Gasteiger partial charge in [0, 0.05) is 45.3 Å². The Bertz CT molecular complexity index is 1020. The predicted molar refractivity (Wildman–Crippen MR) is 124 cm³/mol. The second kappa shape index (κ2) is 10.5. The summed E-state index contributed by atoms with van der Waals surface area (Å²) < 4.78 is 6.50. The van der Waals surface area contributed by atoms with Crippen molar-refractivity contribution < 1.29 is 14.3 Å². The van der Waals surface area contributed by atoms with E-state index >= 15 is 0 Å². The molecule has 3 heterocycles. The van der Waals surface area contributed by atoms with Gasteiger partial charge < -0.3 is 19.4 Å². The molecule has 0 aliphatic carbocycles. The van der Waals surface area contributed by atoms with Crippen LogP contribution in [0.25, 0.3) is 0 Å². The molecule has 2 aliphatic heterocycles. The van der Waals surface area contributed by atoms with Gasteiger partial charge in [-0.1, -0.05) is 30.3 Å². The van der Waals surface area contributed by atoms with Gasteiger partial charge in [-0.15, -0.1) is 0 Å². The van der Waals surface area contributed by atoms with E-state index < -0.39 is 0 Å². The van der Waals surface area contributed by atoms with E-state index in [-0.39, 0.29) is 23.5 Å². The molecule has 0 unspecified atom stereocenters. The monoisotopic (exact) mass is 453 g/mol. The summed E-state index contributed by atoms with van der Waals surface area (Å²) in [6.07, 6.45) is 3.11. The maximum atomic E-state index is 13.1. The topological polar surface area (TPSA) is 88.0 Å². The molecular weight excluding hydrogens is 422 g/mol. The lowest BCUT2D eigenvalue weighted by Crippen LogP contribution is -2.53. The molecule has 0 N–H and O–H groups in total. The molecule has 2 fully saturated rings. The third-order valence-electron chi connectivity index (χ3n) is 6.28. The number of ether oxygens (including phenoxy) is 1. The lowest BCUT2D eigenvalue weighted by atomic mass is 9.96. The van der Waals surface area contributed by atoms with Gasteiger partial charge in [-0.05, 0) is 25.3 Å². The number of carbonyl (C=O) groups is 2. The van der Waals surface area contributed by atoms with Crippen molar-refractivity contribution in [3.8, 4) is 0 Å². The number of carbonyl (C=O) groups excluding carboxylic acids is 2. The van der Waals surface area contributed by atoms with Gasteiger partial charge in [-0.3, -0.25) is 9.59 Å². The van der Waals surface area contributed by atoms with Crippen LogP contribution in [0.4, 0.5) is 10.5 Å². The van der Waals surface area contributed by atoms with Crippen LogP contribution in [0.1, 0.15) is 25.3 Å². The van der Waals surface area contributed by atoms with E-state index in [2.05, 4.69) is 10.00 Å². The van der Waals surface area contributed by atoms with Gasteiger partial charge in [-0.2, -0.15) is 5.10 Å². The smallest absolute Gasteiger partial charge is 0.409 e. The molecule has 33 heavy (non-hydrogen) atoms. The molecule has 0 spiro atoms. The minimum Gasteiger partial charge on any atom is -0.450 e. The van der Waals surface area contributed by atoms with Crippen LogP contribution >= 0.6 is 0 Å². The number of rotatable bonds is 5. The molecule has 0 saturated carbocycles. The summed E-state index contributed by atoms with van der Waals surface area (Å²) in [5.74, 6) is -0.00627. The van der Waals surface area contributed by atoms with E-state index in [1.807, 2.05) is 35.2 Å². The van der Waals surface area contributed by atoms with Crippen molar-refractivity contribution in [3.63, 3.8) is 0 Å². The van der Waals surface area contributed by atoms with Crippen LogP contribution in [0.5, 0.6) is 0 Å². The van der Waals surface area contributed by atoms with E-state index in [1.54, 1.807) is 24.1 Å². The Balaban J connectivity index is 1.35. The number of amides is 2. The Labute approximate surface area is 193 Å². The molecule has 1 aromatic carbocycles. The van der Waals surface area contributed by atoms with Gasteiger partial charge >= 0.3 is 6.09 Å². The molecule has 1 atom stereocenters. The lowest BCUT2D eigenvalue weighted by Gasteiger charge is -2.39. The van der Waals surface area contributed by atoms with Crippen LogP contribution in [-0.2, 0) is 16.1 Å². The Morgan fingerprint density at radius 1 is 1.06 bits per heavy atom. The zero-order chi connectivity index (χ0) is 23.2. The highest BCUT2D eigenvalue weighted by atomic mass is 16.6. The number of anilines is 1. The van der Waals surface area contributed by atoms with Gasteiger partial charge in [0.05, 0.1) is 31.0 Å². The molecule has 4 rings (SSSR count). The van der Waals surface area contributed by atoms with Crippen molar-refractivity contribution in [1.29, 1.82) is 0 Å². The highest BCUT2D eigenvalue weighted by Gasteiger charge is 2.32. The Kier molecular flexibility index (Phi) is 7.26. The van der Waals surface area contributed by atoms with Crippen LogP contribution in [0, 0.1) is 5.92 Å². The van der Waals surface area contributed by atoms with Crippen LogP contribution < -0.4 is 10.5 Å². The van der Waals surface area contributed by atoms with E-state index in [4.69, 9.17) is 4.74 Å². The average molecular weight is 454 g/mol. The summed E-state index contributed by atoms with van der Waals surface area (Å²) in [4.78, 5) is 43.3. The molecule has 0 radical (unpaired) electrons. The molecule has 176 valence electrons. The van der Waals surface area contributed by atoms with E-state index in [9.17, 15) is 14.4 Å². The molecule has 2 saturated heterocycles. The average Bonchev–Trinajstić information content (AvgIpc) is 2.86. The van der Waals surface area contributed by atoms with Crippen LogP contribution in [-0.4, -0.2) is 77.5 Å². The van der Waals surface area contributed by atoms with Crippen molar-refractivity contribution >= 4 is 17.7 Å². The zero-order valence-corrected chi connectivity index (χ0v) is 19.1. The second-order valence-corrected chi connectivity index (χ2v) is 8.49. The number of nitrogens with zero attached hydrogens (tertiary/aromatic N) is 5. The number of aromatic nitrogens is 2. The van der Waals surface area contributed by atoms with Gasteiger partial charge in [0.2, 0.25) is 5.91 Å². The van der Waals surface area contributed by atoms with Gasteiger partial charge in [0.1, 0.15) is 0 Å². The fourth-order valence-corrected chi connectivity index (χ4v) is 4.47. The number of piperidine rings is 1. The molecule has 1 aromatic heterocycles. The standard InChI is InChI=1S/C24H31N5O4/c1-2-33-24(32)27-13-11-26(12-14-27)23(31)20-9-6-10-28(18-20)21-15-22(30)29(25-16-21)17-19-7-4-3-5-8-19/h3-5,7-8,15-16,20H,2,6,9-14,17-18H2,1H3/t20-/m0/s1. The first kappa shape index (κ1) is 22.8. The quantitative estimate of drug-likeness (QED) is 0.686. The van der Waals surface area contributed by atoms with Gasteiger partial charge in [-0.25, -0.2) is 9.48 Å². The zero-order valence-electron chi connectivity index (χ0n) is 19.1. The number of piperazine rings is 1. The number of benzene rings is 1. The summed E-state index contributed by atoms with van der Waals surface area (Å²) in [5.41, 5.74) is 1.63. The molecule has 9 heteroatoms. The van der Waals surface area contributed by atoms with Crippen LogP contribution in [0.15, 0.2) is 47.4 Å². The van der Waals surface area contributed by atoms with Crippen molar-refractivity contribution in [2.24, 2.45) is 5.92 Å². The maximum Gasteiger partial charge on any atom is 0.409 e. The first-order valence-electron chi connectivity index (χ1n) is 11.6.